The Morgan fingerprint density at radius 1 is 1.09 bits per heavy atom. The molecule has 6 heteroatoms. The van der Waals surface area contributed by atoms with E-state index in [1.165, 1.54) is 9.71 Å². The zero-order valence-electron chi connectivity index (χ0n) is 13.0. The Morgan fingerprint density at radius 2 is 1.74 bits per heavy atom. The SMILES string of the molecule is O=C(NC1CC1)C1CCN(S(=O)(=O)/C=C/c2ccccc2)CC1. The van der Waals surface area contributed by atoms with E-state index in [2.05, 4.69) is 5.32 Å². The number of piperidine rings is 1. The molecule has 0 radical (unpaired) electrons. The fourth-order valence-corrected chi connectivity index (χ4v) is 3.95. The van der Waals surface area contributed by atoms with Gasteiger partial charge in [-0.1, -0.05) is 30.3 Å². The van der Waals surface area contributed by atoms with E-state index in [9.17, 15) is 13.2 Å². The van der Waals surface area contributed by atoms with Gasteiger partial charge in [-0.2, -0.15) is 4.31 Å². The first-order chi connectivity index (χ1) is 11.0. The Morgan fingerprint density at radius 3 is 2.35 bits per heavy atom. The standard InChI is InChI=1S/C17H22N2O3S/c20-17(18-16-6-7-16)15-8-11-19(12-9-15)23(21,22)13-10-14-4-2-1-3-5-14/h1-5,10,13,15-16H,6-9,11-12H2,(H,18,20)/b13-10+. The summed E-state index contributed by atoms with van der Waals surface area (Å²) < 4.78 is 26.2. The molecular formula is C17H22N2O3S. The second-order valence-electron chi connectivity index (χ2n) is 6.21. The first kappa shape index (κ1) is 16.2. The van der Waals surface area contributed by atoms with Gasteiger partial charge in [-0.05, 0) is 37.3 Å². The van der Waals surface area contributed by atoms with Crippen LogP contribution >= 0.6 is 0 Å². The molecule has 23 heavy (non-hydrogen) atoms. The molecule has 1 aliphatic heterocycles. The lowest BCUT2D eigenvalue weighted by Crippen LogP contribution is -2.42. The Bertz CT molecular complexity index is 673. The van der Waals surface area contributed by atoms with E-state index in [-0.39, 0.29) is 11.8 Å². The number of nitrogens with zero attached hydrogens (tertiary/aromatic N) is 1. The second-order valence-corrected chi connectivity index (χ2v) is 8.03. The molecule has 1 amide bonds. The maximum atomic E-state index is 12.4. The highest BCUT2D eigenvalue weighted by Crippen LogP contribution is 2.24. The number of carbonyl (C=O) groups is 1. The summed E-state index contributed by atoms with van der Waals surface area (Å²) in [6, 6.07) is 9.72. The molecule has 0 bridgehead atoms. The van der Waals surface area contributed by atoms with Gasteiger partial charge in [-0.15, -0.1) is 0 Å². The zero-order valence-corrected chi connectivity index (χ0v) is 13.8. The predicted octanol–water partition coefficient (Wildman–Crippen LogP) is 1.98. The van der Waals surface area contributed by atoms with Gasteiger partial charge >= 0.3 is 0 Å². The highest BCUT2D eigenvalue weighted by atomic mass is 32.2. The van der Waals surface area contributed by atoms with E-state index in [1.807, 2.05) is 30.3 Å². The van der Waals surface area contributed by atoms with Crippen molar-refractivity contribution in [2.75, 3.05) is 13.1 Å². The lowest BCUT2D eigenvalue weighted by atomic mass is 9.97. The largest absolute Gasteiger partial charge is 0.353 e. The summed E-state index contributed by atoms with van der Waals surface area (Å²) in [5, 5.41) is 4.26. The predicted molar refractivity (Wildman–Crippen MR) is 89.9 cm³/mol. The van der Waals surface area contributed by atoms with Crippen molar-refractivity contribution in [1.29, 1.82) is 0 Å². The molecule has 1 N–H and O–H groups in total. The van der Waals surface area contributed by atoms with Crippen LogP contribution in [0.2, 0.25) is 0 Å². The normalized spacial score (nSPS) is 20.7. The van der Waals surface area contributed by atoms with Crippen LogP contribution in [0, 0.1) is 5.92 Å². The van der Waals surface area contributed by atoms with Crippen LogP contribution in [0.4, 0.5) is 0 Å². The number of sulfonamides is 1. The Kier molecular flexibility index (Phi) is 4.82. The van der Waals surface area contributed by atoms with Crippen LogP contribution in [0.3, 0.4) is 0 Å². The van der Waals surface area contributed by atoms with Crippen LogP contribution in [0.5, 0.6) is 0 Å². The fraction of sp³-hybridized carbons (Fsp3) is 0.471. The van der Waals surface area contributed by atoms with Gasteiger partial charge in [0.2, 0.25) is 15.9 Å². The van der Waals surface area contributed by atoms with Crippen molar-refractivity contribution in [3.63, 3.8) is 0 Å². The molecule has 1 heterocycles. The Hall–Kier alpha value is -1.66. The van der Waals surface area contributed by atoms with Gasteiger partial charge in [0.25, 0.3) is 0 Å². The van der Waals surface area contributed by atoms with Gasteiger partial charge in [0.1, 0.15) is 0 Å². The van der Waals surface area contributed by atoms with Gasteiger partial charge in [0, 0.05) is 30.5 Å². The maximum Gasteiger partial charge on any atom is 0.236 e. The smallest absolute Gasteiger partial charge is 0.236 e. The molecule has 1 aromatic rings. The van der Waals surface area contributed by atoms with E-state index >= 15 is 0 Å². The zero-order chi connectivity index (χ0) is 16.3. The first-order valence-electron chi connectivity index (χ1n) is 8.08. The van der Waals surface area contributed by atoms with E-state index in [0.717, 1.165) is 18.4 Å². The summed E-state index contributed by atoms with van der Waals surface area (Å²) >= 11 is 0. The minimum absolute atomic E-state index is 0.0554. The van der Waals surface area contributed by atoms with E-state index in [0.29, 0.717) is 32.0 Å². The van der Waals surface area contributed by atoms with E-state index < -0.39 is 10.0 Å². The number of amides is 1. The molecule has 1 aromatic carbocycles. The van der Waals surface area contributed by atoms with Crippen LogP contribution in [-0.4, -0.2) is 37.8 Å². The first-order valence-corrected chi connectivity index (χ1v) is 9.58. The molecule has 1 aliphatic carbocycles. The van der Waals surface area contributed by atoms with Crippen LogP contribution in [0.1, 0.15) is 31.2 Å². The fourth-order valence-electron chi connectivity index (χ4n) is 2.73. The third kappa shape index (κ3) is 4.42. The minimum Gasteiger partial charge on any atom is -0.353 e. The number of benzene rings is 1. The number of carbonyl (C=O) groups excluding carboxylic acids is 1. The van der Waals surface area contributed by atoms with Crippen LogP contribution in [0.15, 0.2) is 35.7 Å². The highest BCUT2D eigenvalue weighted by molar-refractivity contribution is 7.92. The molecule has 1 saturated heterocycles. The molecule has 0 atom stereocenters. The molecule has 3 rings (SSSR count). The van der Waals surface area contributed by atoms with Crippen molar-refractivity contribution in [2.24, 2.45) is 5.92 Å². The number of nitrogens with one attached hydrogen (secondary N) is 1. The lowest BCUT2D eigenvalue weighted by molar-refractivity contribution is -0.126. The van der Waals surface area contributed by atoms with Gasteiger partial charge in [-0.3, -0.25) is 4.79 Å². The summed E-state index contributed by atoms with van der Waals surface area (Å²) in [7, 11) is -3.42. The summed E-state index contributed by atoms with van der Waals surface area (Å²) in [5.41, 5.74) is 0.856. The topological polar surface area (TPSA) is 66.5 Å². The van der Waals surface area contributed by atoms with Crippen molar-refractivity contribution >= 4 is 22.0 Å². The monoisotopic (exact) mass is 334 g/mol. The molecule has 0 aromatic heterocycles. The van der Waals surface area contributed by atoms with E-state index in [1.54, 1.807) is 6.08 Å². The molecule has 1 saturated carbocycles. The molecule has 5 nitrogen and oxygen atoms in total. The Balaban J connectivity index is 1.55. The lowest BCUT2D eigenvalue weighted by Gasteiger charge is -2.29. The highest BCUT2D eigenvalue weighted by Gasteiger charge is 2.32. The quantitative estimate of drug-likeness (QED) is 0.895. The third-order valence-corrected chi connectivity index (χ3v) is 5.91. The molecule has 2 fully saturated rings. The summed E-state index contributed by atoms with van der Waals surface area (Å²) in [5.74, 6) is 0.0320. The molecule has 124 valence electrons. The summed E-state index contributed by atoms with van der Waals surface area (Å²) in [6.07, 6.45) is 4.95. The van der Waals surface area contributed by atoms with Gasteiger partial charge in [0.15, 0.2) is 0 Å². The Labute approximate surface area is 137 Å². The van der Waals surface area contributed by atoms with Crippen molar-refractivity contribution < 1.29 is 13.2 Å². The summed E-state index contributed by atoms with van der Waals surface area (Å²) in [6.45, 7) is 0.814. The average Bonchev–Trinajstić information content (AvgIpc) is 3.38. The van der Waals surface area contributed by atoms with Crippen molar-refractivity contribution in [1.82, 2.24) is 9.62 Å². The van der Waals surface area contributed by atoms with Crippen molar-refractivity contribution in [2.45, 2.75) is 31.7 Å². The minimum atomic E-state index is -3.42. The van der Waals surface area contributed by atoms with Crippen molar-refractivity contribution in [3.05, 3.63) is 41.3 Å². The molecule has 2 aliphatic rings. The van der Waals surface area contributed by atoms with Gasteiger partial charge < -0.3 is 5.32 Å². The molecule has 0 unspecified atom stereocenters. The van der Waals surface area contributed by atoms with Gasteiger partial charge in [0.05, 0.1) is 0 Å². The number of rotatable bonds is 5. The van der Waals surface area contributed by atoms with Crippen LogP contribution < -0.4 is 5.32 Å². The summed E-state index contributed by atoms with van der Waals surface area (Å²) in [4.78, 5) is 12.0. The van der Waals surface area contributed by atoms with E-state index in [4.69, 9.17) is 0 Å². The second kappa shape index (κ2) is 6.84. The molecular weight excluding hydrogens is 312 g/mol. The maximum absolute atomic E-state index is 12.4. The number of hydrogen-bond acceptors (Lipinski definition) is 3. The third-order valence-electron chi connectivity index (χ3n) is 4.34. The number of hydrogen-bond donors (Lipinski definition) is 1. The van der Waals surface area contributed by atoms with Crippen molar-refractivity contribution in [3.8, 4) is 0 Å². The average molecular weight is 334 g/mol. The van der Waals surface area contributed by atoms with Crippen LogP contribution in [0.25, 0.3) is 6.08 Å². The molecule has 0 spiro atoms. The van der Waals surface area contributed by atoms with Crippen LogP contribution in [-0.2, 0) is 14.8 Å². The van der Waals surface area contributed by atoms with Gasteiger partial charge in [-0.25, -0.2) is 8.42 Å².